The van der Waals surface area contributed by atoms with Crippen molar-refractivity contribution in [3.63, 3.8) is 0 Å². The number of fused-ring (bicyclic) bond motifs is 1. The van der Waals surface area contributed by atoms with Gasteiger partial charge in [-0.25, -0.2) is 0 Å². The lowest BCUT2D eigenvalue weighted by Gasteiger charge is -2.03. The molecule has 13 heavy (non-hydrogen) atoms. The van der Waals surface area contributed by atoms with E-state index in [1.54, 1.807) is 12.4 Å². The van der Waals surface area contributed by atoms with Gasteiger partial charge >= 0.3 is 0 Å². The van der Waals surface area contributed by atoms with Crippen molar-refractivity contribution < 1.29 is 0 Å². The highest BCUT2D eigenvalue weighted by atomic mass is 35.5. The maximum atomic E-state index is 5.92. The van der Waals surface area contributed by atoms with Gasteiger partial charge in [0.05, 0.1) is 0 Å². The number of nitrogens with zero attached hydrogens (tertiary/aromatic N) is 1. The number of rotatable bonds is 1. The SMILES string of the molecule is NCc1cc(Cl)cc2cnccc12. The van der Waals surface area contributed by atoms with Crippen molar-refractivity contribution in [2.24, 2.45) is 5.73 Å². The van der Waals surface area contributed by atoms with Gasteiger partial charge in [0.15, 0.2) is 0 Å². The van der Waals surface area contributed by atoms with Gasteiger partial charge in [0.2, 0.25) is 0 Å². The Labute approximate surface area is 81.3 Å². The van der Waals surface area contributed by atoms with Crippen molar-refractivity contribution in [2.45, 2.75) is 6.54 Å². The second kappa shape index (κ2) is 3.32. The van der Waals surface area contributed by atoms with Gasteiger partial charge in [0.1, 0.15) is 0 Å². The molecule has 1 heterocycles. The van der Waals surface area contributed by atoms with Crippen LogP contribution < -0.4 is 5.73 Å². The minimum Gasteiger partial charge on any atom is -0.326 e. The molecule has 2 N–H and O–H groups in total. The van der Waals surface area contributed by atoms with Gasteiger partial charge in [-0.15, -0.1) is 0 Å². The summed E-state index contributed by atoms with van der Waals surface area (Å²) in [7, 11) is 0. The van der Waals surface area contributed by atoms with Gasteiger partial charge in [-0.3, -0.25) is 4.98 Å². The van der Waals surface area contributed by atoms with Crippen LogP contribution in [0.15, 0.2) is 30.6 Å². The molecule has 66 valence electrons. The molecule has 0 aliphatic heterocycles. The molecule has 0 radical (unpaired) electrons. The maximum Gasteiger partial charge on any atom is 0.0416 e. The van der Waals surface area contributed by atoms with Gasteiger partial charge in [0, 0.05) is 29.3 Å². The first-order valence-electron chi connectivity index (χ1n) is 4.03. The number of aromatic nitrogens is 1. The fourth-order valence-electron chi connectivity index (χ4n) is 1.42. The molecule has 0 atom stereocenters. The van der Waals surface area contributed by atoms with E-state index in [9.17, 15) is 0 Å². The van der Waals surface area contributed by atoms with E-state index in [4.69, 9.17) is 17.3 Å². The number of nitrogens with two attached hydrogens (primary N) is 1. The van der Waals surface area contributed by atoms with Crippen molar-refractivity contribution in [2.75, 3.05) is 0 Å². The fraction of sp³-hybridized carbons (Fsp3) is 0.100. The zero-order chi connectivity index (χ0) is 9.26. The average molecular weight is 193 g/mol. The molecule has 0 fully saturated rings. The Kier molecular flexibility index (Phi) is 2.17. The minimum absolute atomic E-state index is 0.501. The molecule has 2 nitrogen and oxygen atoms in total. The summed E-state index contributed by atoms with van der Waals surface area (Å²) in [4.78, 5) is 4.03. The number of hydrogen-bond acceptors (Lipinski definition) is 2. The third kappa shape index (κ3) is 1.50. The quantitative estimate of drug-likeness (QED) is 0.754. The summed E-state index contributed by atoms with van der Waals surface area (Å²) in [5.41, 5.74) is 6.67. The molecule has 0 aliphatic rings. The van der Waals surface area contributed by atoms with E-state index < -0.39 is 0 Å². The van der Waals surface area contributed by atoms with Crippen LogP contribution >= 0.6 is 11.6 Å². The van der Waals surface area contributed by atoms with Crippen molar-refractivity contribution in [3.8, 4) is 0 Å². The molecule has 0 saturated heterocycles. The van der Waals surface area contributed by atoms with Gasteiger partial charge < -0.3 is 5.73 Å². The number of hydrogen-bond donors (Lipinski definition) is 1. The van der Waals surface area contributed by atoms with Crippen molar-refractivity contribution in [1.29, 1.82) is 0 Å². The first-order chi connectivity index (χ1) is 6.31. The van der Waals surface area contributed by atoms with E-state index in [0.29, 0.717) is 11.6 Å². The van der Waals surface area contributed by atoms with Crippen LogP contribution in [0.5, 0.6) is 0 Å². The van der Waals surface area contributed by atoms with Crippen LogP contribution in [0, 0.1) is 0 Å². The summed E-state index contributed by atoms with van der Waals surface area (Å²) < 4.78 is 0. The predicted molar refractivity (Wildman–Crippen MR) is 54.6 cm³/mol. The van der Waals surface area contributed by atoms with E-state index >= 15 is 0 Å². The van der Waals surface area contributed by atoms with Gasteiger partial charge in [-0.05, 0) is 29.1 Å². The highest BCUT2D eigenvalue weighted by Gasteiger charge is 2.00. The molecule has 0 amide bonds. The lowest BCUT2D eigenvalue weighted by molar-refractivity contribution is 1.09. The molecule has 0 saturated carbocycles. The lowest BCUT2D eigenvalue weighted by atomic mass is 10.1. The average Bonchev–Trinajstić information content (AvgIpc) is 2.16. The monoisotopic (exact) mass is 192 g/mol. The predicted octanol–water partition coefficient (Wildman–Crippen LogP) is 2.35. The summed E-state index contributed by atoms with van der Waals surface area (Å²) in [5, 5.41) is 2.87. The second-order valence-corrected chi connectivity index (χ2v) is 3.30. The molecule has 0 spiro atoms. The zero-order valence-corrected chi connectivity index (χ0v) is 7.75. The molecule has 2 aromatic rings. The molecule has 0 aliphatic carbocycles. The molecule has 0 bridgehead atoms. The maximum absolute atomic E-state index is 5.92. The Bertz CT molecular complexity index is 440. The smallest absolute Gasteiger partial charge is 0.0416 e. The standard InChI is InChI=1S/C10H9ClN2/c11-9-3-7(5-12)10-1-2-13-6-8(10)4-9/h1-4,6H,5,12H2. The van der Waals surface area contributed by atoms with E-state index in [1.807, 2.05) is 18.2 Å². The molecule has 2 rings (SSSR count). The van der Waals surface area contributed by atoms with E-state index in [-0.39, 0.29) is 0 Å². The van der Waals surface area contributed by atoms with Crippen LogP contribution in [0.25, 0.3) is 10.8 Å². The van der Waals surface area contributed by atoms with E-state index in [2.05, 4.69) is 4.98 Å². The Morgan fingerprint density at radius 1 is 1.38 bits per heavy atom. The van der Waals surface area contributed by atoms with Gasteiger partial charge in [-0.1, -0.05) is 11.6 Å². The first-order valence-corrected chi connectivity index (χ1v) is 4.41. The summed E-state index contributed by atoms with van der Waals surface area (Å²) in [6.45, 7) is 0.501. The summed E-state index contributed by atoms with van der Waals surface area (Å²) >= 11 is 5.92. The van der Waals surface area contributed by atoms with Crippen molar-refractivity contribution in [3.05, 3.63) is 41.2 Å². The Morgan fingerprint density at radius 2 is 2.23 bits per heavy atom. The summed E-state index contributed by atoms with van der Waals surface area (Å²) in [5.74, 6) is 0. The van der Waals surface area contributed by atoms with Crippen molar-refractivity contribution >= 4 is 22.4 Å². The number of benzene rings is 1. The Hall–Kier alpha value is -1.12. The van der Waals surface area contributed by atoms with Gasteiger partial charge in [-0.2, -0.15) is 0 Å². The van der Waals surface area contributed by atoms with Crippen LogP contribution in [0.4, 0.5) is 0 Å². The molecular weight excluding hydrogens is 184 g/mol. The molecular formula is C10H9ClN2. The third-order valence-corrected chi connectivity index (χ3v) is 2.24. The normalized spacial score (nSPS) is 10.6. The second-order valence-electron chi connectivity index (χ2n) is 2.87. The number of halogens is 1. The Balaban J connectivity index is 2.81. The van der Waals surface area contributed by atoms with Crippen molar-refractivity contribution in [1.82, 2.24) is 4.98 Å². The summed E-state index contributed by atoms with van der Waals surface area (Å²) in [6.07, 6.45) is 3.55. The minimum atomic E-state index is 0.501. The van der Waals surface area contributed by atoms with Gasteiger partial charge in [0.25, 0.3) is 0 Å². The van der Waals surface area contributed by atoms with E-state index in [0.717, 1.165) is 16.3 Å². The highest BCUT2D eigenvalue weighted by molar-refractivity contribution is 6.31. The van der Waals surface area contributed by atoms with Crippen LogP contribution in [0.3, 0.4) is 0 Å². The van der Waals surface area contributed by atoms with Crippen LogP contribution in [0.2, 0.25) is 5.02 Å². The van der Waals surface area contributed by atoms with Crippen LogP contribution in [-0.2, 0) is 6.54 Å². The van der Waals surface area contributed by atoms with E-state index in [1.165, 1.54) is 0 Å². The topological polar surface area (TPSA) is 38.9 Å². The van der Waals surface area contributed by atoms with Crippen LogP contribution in [0.1, 0.15) is 5.56 Å². The lowest BCUT2D eigenvalue weighted by Crippen LogP contribution is -1.97. The fourth-order valence-corrected chi connectivity index (χ4v) is 1.67. The molecule has 3 heteroatoms. The largest absolute Gasteiger partial charge is 0.326 e. The number of pyridine rings is 1. The molecule has 1 aromatic carbocycles. The molecule has 1 aromatic heterocycles. The molecule has 0 unspecified atom stereocenters. The zero-order valence-electron chi connectivity index (χ0n) is 7.00. The Morgan fingerprint density at radius 3 is 3.00 bits per heavy atom. The summed E-state index contributed by atoms with van der Waals surface area (Å²) in [6, 6.07) is 5.74. The highest BCUT2D eigenvalue weighted by Crippen LogP contribution is 2.22. The van der Waals surface area contributed by atoms with Crippen LogP contribution in [-0.4, -0.2) is 4.98 Å². The first kappa shape index (κ1) is 8.48. The third-order valence-electron chi connectivity index (χ3n) is 2.02.